The van der Waals surface area contributed by atoms with Crippen molar-refractivity contribution in [3.8, 4) is 0 Å². The topological polar surface area (TPSA) is 166 Å². The molecular formula is C35H62N4O10. The smallest absolute Gasteiger partial charge is 0.408 e. The van der Waals surface area contributed by atoms with Gasteiger partial charge in [0, 0.05) is 44.1 Å². The number of likely N-dealkylation sites (N-methyl/N-ethyl adjacent to an activating group) is 1. The minimum Gasteiger partial charge on any atom is -0.458 e. The maximum Gasteiger partial charge on any atom is 0.408 e. The predicted octanol–water partition coefficient (Wildman–Crippen LogP) is 1.47. The predicted molar refractivity (Wildman–Crippen MR) is 181 cm³/mol. The van der Waals surface area contributed by atoms with E-state index in [2.05, 4.69) is 22.9 Å². The number of alkyl carbamates (subject to hydrolysis) is 1. The van der Waals surface area contributed by atoms with Gasteiger partial charge in [0.05, 0.1) is 37.1 Å². The van der Waals surface area contributed by atoms with Gasteiger partial charge in [0.2, 0.25) is 0 Å². The van der Waals surface area contributed by atoms with Gasteiger partial charge in [-0.25, -0.2) is 4.79 Å². The Kier molecular flexibility index (Phi) is 13.5. The molecule has 282 valence electrons. The van der Waals surface area contributed by atoms with Crippen LogP contribution in [0.1, 0.15) is 67.7 Å². The van der Waals surface area contributed by atoms with Crippen molar-refractivity contribution >= 4 is 17.8 Å². The van der Waals surface area contributed by atoms with Crippen LogP contribution in [0, 0.1) is 23.7 Å². The quantitative estimate of drug-likeness (QED) is 0.202. The first kappa shape index (κ1) is 39.9. The zero-order valence-electron chi connectivity index (χ0n) is 31.2. The molecular weight excluding hydrogens is 636 g/mol. The summed E-state index contributed by atoms with van der Waals surface area (Å²) in [5, 5.41) is 21.5. The Hall–Kier alpha value is -1.91. The van der Waals surface area contributed by atoms with Gasteiger partial charge in [0.1, 0.15) is 18.1 Å². The number of ketones is 1. The van der Waals surface area contributed by atoms with Gasteiger partial charge in [-0.05, 0) is 73.5 Å². The number of nitrogens with one attached hydrogen (secondary N) is 3. The van der Waals surface area contributed by atoms with Crippen molar-refractivity contribution in [2.45, 2.75) is 128 Å². The molecule has 4 aliphatic rings. The van der Waals surface area contributed by atoms with Gasteiger partial charge in [-0.3, -0.25) is 9.59 Å². The van der Waals surface area contributed by atoms with E-state index in [1.165, 1.54) is 6.92 Å². The van der Waals surface area contributed by atoms with Crippen LogP contribution < -0.4 is 16.0 Å². The van der Waals surface area contributed by atoms with Crippen molar-refractivity contribution in [1.82, 2.24) is 20.9 Å². The lowest BCUT2D eigenvalue weighted by Gasteiger charge is -2.47. The molecule has 3 unspecified atom stereocenters. The van der Waals surface area contributed by atoms with E-state index in [4.69, 9.17) is 28.4 Å². The number of nitrogens with zero attached hydrogens (tertiary/aromatic N) is 1. The Bertz CT molecular complexity index is 1140. The molecule has 13 atom stereocenters. The van der Waals surface area contributed by atoms with Crippen LogP contribution in [-0.2, 0) is 38.0 Å². The number of cyclic esters (lactones) is 1. The fourth-order valence-corrected chi connectivity index (χ4v) is 8.00. The number of hydrogen-bond donors (Lipinski definition) is 4. The van der Waals surface area contributed by atoms with Crippen LogP contribution in [0.3, 0.4) is 0 Å². The second kappa shape index (κ2) is 16.6. The van der Waals surface area contributed by atoms with Gasteiger partial charge in [-0.2, -0.15) is 0 Å². The Morgan fingerprint density at radius 2 is 1.78 bits per heavy atom. The lowest BCUT2D eigenvalue weighted by Crippen LogP contribution is -2.60. The molecule has 0 aromatic carbocycles. The zero-order chi connectivity index (χ0) is 36.3. The Morgan fingerprint density at radius 3 is 2.37 bits per heavy atom. The highest BCUT2D eigenvalue weighted by molar-refractivity contribution is 6.00. The number of rotatable bonds is 9. The van der Waals surface area contributed by atoms with Gasteiger partial charge in [0.25, 0.3) is 0 Å². The highest BCUT2D eigenvalue weighted by atomic mass is 16.7. The average molecular weight is 699 g/mol. The van der Waals surface area contributed by atoms with Crippen molar-refractivity contribution in [3.63, 3.8) is 0 Å². The second-order valence-corrected chi connectivity index (χ2v) is 15.5. The van der Waals surface area contributed by atoms with Crippen LogP contribution in [0.2, 0.25) is 0 Å². The third-order valence-corrected chi connectivity index (χ3v) is 11.2. The lowest BCUT2D eigenvalue weighted by molar-refractivity contribution is -0.297. The molecule has 1 amide bonds. The minimum atomic E-state index is -1.16. The normalized spacial score (nSPS) is 43.1. The van der Waals surface area contributed by atoms with E-state index in [0.29, 0.717) is 38.3 Å². The number of fused-ring (bicyclic) bond motifs is 1. The van der Waals surface area contributed by atoms with Crippen LogP contribution in [0.5, 0.6) is 0 Å². The standard InChI is InChI=1S/C35H62N4O10/c1-11-26-35(7)29(38-33(43)49-35)22(5)37-14-19(2)13-34(6,44-10)30(20(3)27(40)21(4)31(42)47-26)48-32-28(41)25(39(8)9)12-24(46-32)16-36-15-23-17-45-18-23/h19-26,28-30,32,36-37,41H,11-18H2,1-10H3,(H,38,43)/t19-,20+,21?,22-,24+,25?,26+,28?,29-,30-,32+,34-,35-/m1/s1. The summed E-state index contributed by atoms with van der Waals surface area (Å²) in [6.45, 7) is 16.2. The number of ether oxygens (including phenoxy) is 6. The van der Waals surface area contributed by atoms with Crippen molar-refractivity contribution in [2.24, 2.45) is 23.7 Å². The number of carbonyl (C=O) groups is 3. The van der Waals surface area contributed by atoms with Crippen molar-refractivity contribution in [3.05, 3.63) is 0 Å². The van der Waals surface area contributed by atoms with E-state index in [0.717, 1.165) is 19.8 Å². The summed E-state index contributed by atoms with van der Waals surface area (Å²) in [4.78, 5) is 42.4. The number of esters is 1. The second-order valence-electron chi connectivity index (χ2n) is 15.5. The van der Waals surface area contributed by atoms with Crippen molar-refractivity contribution < 1.29 is 47.9 Å². The summed E-state index contributed by atoms with van der Waals surface area (Å²) in [5.41, 5.74) is -2.19. The molecule has 0 bridgehead atoms. The van der Waals surface area contributed by atoms with Gasteiger partial charge >= 0.3 is 12.1 Å². The molecule has 4 aliphatic heterocycles. The van der Waals surface area contributed by atoms with Gasteiger partial charge in [-0.15, -0.1) is 0 Å². The average Bonchev–Trinajstić information content (AvgIpc) is 3.35. The largest absolute Gasteiger partial charge is 0.458 e. The van der Waals surface area contributed by atoms with Crippen LogP contribution >= 0.6 is 0 Å². The Balaban J connectivity index is 1.64. The molecule has 14 nitrogen and oxygen atoms in total. The summed E-state index contributed by atoms with van der Waals surface area (Å²) >= 11 is 0. The fourth-order valence-electron chi connectivity index (χ4n) is 8.00. The summed E-state index contributed by atoms with van der Waals surface area (Å²) in [5.74, 6) is -2.61. The number of methoxy groups -OCH3 is 1. The monoisotopic (exact) mass is 698 g/mol. The van der Waals surface area contributed by atoms with E-state index in [9.17, 15) is 19.5 Å². The Labute approximate surface area is 291 Å². The first-order chi connectivity index (χ1) is 23.0. The molecule has 49 heavy (non-hydrogen) atoms. The number of amides is 1. The molecule has 0 saturated carbocycles. The molecule has 4 heterocycles. The minimum absolute atomic E-state index is 0.0200. The number of aliphatic hydroxyl groups is 1. The lowest BCUT2D eigenvalue weighted by atomic mass is 9.78. The van der Waals surface area contributed by atoms with E-state index in [1.807, 2.05) is 39.8 Å². The first-order valence-electron chi connectivity index (χ1n) is 18.0. The van der Waals surface area contributed by atoms with Crippen LogP contribution in [0.15, 0.2) is 0 Å². The summed E-state index contributed by atoms with van der Waals surface area (Å²) < 4.78 is 36.4. The van der Waals surface area contributed by atoms with E-state index >= 15 is 0 Å². The Morgan fingerprint density at radius 1 is 1.08 bits per heavy atom. The first-order valence-corrected chi connectivity index (χ1v) is 18.0. The van der Waals surface area contributed by atoms with Crippen molar-refractivity contribution in [2.75, 3.05) is 54.1 Å². The number of hydrogen-bond acceptors (Lipinski definition) is 13. The molecule has 4 N–H and O–H groups in total. The highest BCUT2D eigenvalue weighted by Crippen LogP contribution is 2.37. The zero-order valence-corrected chi connectivity index (χ0v) is 31.2. The van der Waals surface area contributed by atoms with Crippen LogP contribution in [-0.4, -0.2) is 142 Å². The summed E-state index contributed by atoms with van der Waals surface area (Å²) in [6.07, 6.45) is -3.15. The third-order valence-electron chi connectivity index (χ3n) is 11.2. The highest BCUT2D eigenvalue weighted by Gasteiger charge is 2.55. The number of aliphatic hydroxyl groups excluding tert-OH is 1. The van der Waals surface area contributed by atoms with E-state index < -0.39 is 65.7 Å². The third kappa shape index (κ3) is 8.94. The van der Waals surface area contributed by atoms with Gasteiger partial charge < -0.3 is 54.4 Å². The number of Topliss-reactive ketones (excluding diaryl/α,β-unsaturated/α-hetero) is 1. The number of carbonyl (C=O) groups excluding carboxylic acids is 3. The molecule has 0 radical (unpaired) electrons. The molecule has 0 aromatic heterocycles. The van der Waals surface area contributed by atoms with Crippen LogP contribution in [0.25, 0.3) is 0 Å². The molecule has 0 aliphatic carbocycles. The molecule has 4 fully saturated rings. The summed E-state index contributed by atoms with van der Waals surface area (Å²) in [6, 6.07) is -0.997. The van der Waals surface area contributed by atoms with Gasteiger partial charge in [0.15, 0.2) is 17.7 Å². The van der Waals surface area contributed by atoms with Crippen LogP contribution in [0.4, 0.5) is 4.79 Å². The SMILES string of the molecule is CC[C@@H]1OC(=O)C(C)C(=O)[C@H](C)[C@@H](O[C@@H]2O[C@H](CNCC3COC3)CC(N(C)C)C2O)[C@](C)(OC)C[C@@H](C)CN[C@H](C)[C@H]2NC(=O)O[C@]12C. The van der Waals surface area contributed by atoms with Crippen molar-refractivity contribution in [1.29, 1.82) is 0 Å². The molecule has 0 aromatic rings. The summed E-state index contributed by atoms with van der Waals surface area (Å²) in [7, 11) is 5.42. The maximum absolute atomic E-state index is 14.2. The van der Waals surface area contributed by atoms with Gasteiger partial charge in [-0.1, -0.05) is 20.8 Å². The van der Waals surface area contributed by atoms with E-state index in [1.54, 1.807) is 21.0 Å². The molecule has 0 spiro atoms. The molecule has 4 saturated heterocycles. The molecule has 14 heteroatoms. The maximum atomic E-state index is 14.2. The fraction of sp³-hybridized carbons (Fsp3) is 0.914. The van der Waals surface area contributed by atoms with E-state index in [-0.39, 0.29) is 29.9 Å². The molecule has 4 rings (SSSR count).